The molecule has 2 saturated heterocycles. The van der Waals surface area contributed by atoms with Gasteiger partial charge >= 0.3 is 0 Å². The Kier molecular flexibility index (Phi) is 8.99. The van der Waals surface area contributed by atoms with Gasteiger partial charge in [0.15, 0.2) is 0 Å². The SMILES string of the molecule is CN=CN=C(N)c1ccc(C2=CCN(C(=O)CN3CC[C@]4(CCN(c5ccc(N)c(C(=N)c6cnccc6C)c5)C4=O)C3)CC2)cc1. The van der Waals surface area contributed by atoms with E-state index < -0.39 is 5.41 Å². The van der Waals surface area contributed by atoms with Gasteiger partial charge in [-0.2, -0.15) is 0 Å². The van der Waals surface area contributed by atoms with Crippen LogP contribution in [-0.2, 0) is 9.59 Å². The number of likely N-dealkylation sites (tertiary alicyclic amines) is 1. The number of rotatable bonds is 8. The van der Waals surface area contributed by atoms with Crippen molar-refractivity contribution in [2.45, 2.75) is 26.2 Å². The maximum Gasteiger partial charge on any atom is 0.237 e. The lowest BCUT2D eigenvalue weighted by Gasteiger charge is -2.29. The average Bonchev–Trinajstić information content (AvgIpc) is 3.65. The number of pyridine rings is 1. The zero-order valence-corrected chi connectivity index (χ0v) is 26.9. The van der Waals surface area contributed by atoms with Crippen LogP contribution >= 0.6 is 0 Å². The van der Waals surface area contributed by atoms with Crippen molar-refractivity contribution < 1.29 is 9.59 Å². The summed E-state index contributed by atoms with van der Waals surface area (Å²) >= 11 is 0. The Bertz CT molecular complexity index is 1800. The number of aryl methyl sites for hydroxylation is 1. The third-order valence-electron chi connectivity index (χ3n) is 9.66. The van der Waals surface area contributed by atoms with E-state index in [4.69, 9.17) is 16.9 Å². The first-order valence-corrected chi connectivity index (χ1v) is 15.9. The molecule has 0 saturated carbocycles. The van der Waals surface area contributed by atoms with Crippen LogP contribution in [0.2, 0.25) is 0 Å². The maximum atomic E-state index is 13.9. The number of nitrogens with zero attached hydrogens (tertiary/aromatic N) is 6. The molecular weight excluding hydrogens is 590 g/mol. The molecule has 11 nitrogen and oxygen atoms in total. The number of benzene rings is 2. The van der Waals surface area contributed by atoms with Crippen molar-refractivity contribution in [3.63, 3.8) is 0 Å². The molecule has 0 bridgehead atoms. The van der Waals surface area contributed by atoms with Crippen molar-refractivity contribution in [1.82, 2.24) is 14.8 Å². The van der Waals surface area contributed by atoms with Crippen LogP contribution in [0.5, 0.6) is 0 Å². The highest BCUT2D eigenvalue weighted by molar-refractivity contribution is 6.15. The quantitative estimate of drug-likeness (QED) is 0.196. The molecule has 47 heavy (non-hydrogen) atoms. The fraction of sp³-hybridized carbons (Fsp3) is 0.333. The number of aliphatic imine (C=N–C) groups is 2. The third kappa shape index (κ3) is 6.44. The van der Waals surface area contributed by atoms with E-state index in [9.17, 15) is 9.59 Å². The van der Waals surface area contributed by atoms with Crippen molar-refractivity contribution in [3.05, 3.63) is 94.8 Å². The standard InChI is InChI=1S/C36H41N9O2/c1-24-9-14-41-20-30(24)33(38)29-19-28(7-8-31(29)37)45-18-13-36(35(45)47)12-17-43(22-36)21-32(46)44-15-10-26(11-16-44)25-3-5-27(6-4-25)34(39)42-23-40-2/h3-10,14,19-20,23,38H,11-13,15-18,21-22,37H2,1-2H3,(H2,39,40,42)/t36-/m0/s1. The van der Waals surface area contributed by atoms with Crippen molar-refractivity contribution in [2.75, 3.05) is 56.9 Å². The van der Waals surface area contributed by atoms with E-state index in [0.29, 0.717) is 61.9 Å². The first-order chi connectivity index (χ1) is 22.7. The largest absolute Gasteiger partial charge is 0.398 e. The van der Waals surface area contributed by atoms with Gasteiger partial charge in [-0.25, -0.2) is 4.99 Å². The number of carbonyl (C=O) groups excluding carboxylic acids is 2. The first kappa shape index (κ1) is 31.8. The predicted molar refractivity (Wildman–Crippen MR) is 187 cm³/mol. The van der Waals surface area contributed by atoms with Crippen molar-refractivity contribution in [2.24, 2.45) is 21.1 Å². The van der Waals surface area contributed by atoms with Gasteiger partial charge in [0.1, 0.15) is 12.2 Å². The predicted octanol–water partition coefficient (Wildman–Crippen LogP) is 3.50. The zero-order valence-electron chi connectivity index (χ0n) is 26.9. The number of amides is 2. The summed E-state index contributed by atoms with van der Waals surface area (Å²) in [5.41, 5.74) is 18.7. The second kappa shape index (κ2) is 13.3. The molecule has 3 aliphatic rings. The molecule has 0 unspecified atom stereocenters. The maximum absolute atomic E-state index is 13.9. The summed E-state index contributed by atoms with van der Waals surface area (Å²) in [4.78, 5) is 45.2. The Balaban J connectivity index is 1.06. The summed E-state index contributed by atoms with van der Waals surface area (Å²) in [5, 5.41) is 8.82. The summed E-state index contributed by atoms with van der Waals surface area (Å²) in [6.07, 6.45) is 9.15. The van der Waals surface area contributed by atoms with Crippen LogP contribution in [0.15, 0.2) is 77.0 Å². The number of nitrogen functional groups attached to an aromatic ring is 1. The molecule has 2 amide bonds. The van der Waals surface area contributed by atoms with Crippen LogP contribution in [0.4, 0.5) is 11.4 Å². The Morgan fingerprint density at radius 3 is 2.60 bits per heavy atom. The minimum Gasteiger partial charge on any atom is -0.398 e. The van der Waals surface area contributed by atoms with E-state index in [2.05, 4.69) is 25.9 Å². The molecule has 5 N–H and O–H groups in total. The number of nitrogens with one attached hydrogen (secondary N) is 1. The molecule has 6 rings (SSSR count). The third-order valence-corrected chi connectivity index (χ3v) is 9.66. The van der Waals surface area contributed by atoms with Gasteiger partial charge in [0.2, 0.25) is 11.8 Å². The minimum atomic E-state index is -0.506. The topological polar surface area (TPSA) is 157 Å². The molecule has 3 aliphatic heterocycles. The fourth-order valence-electron chi connectivity index (χ4n) is 6.84. The monoisotopic (exact) mass is 631 g/mol. The van der Waals surface area contributed by atoms with Crippen LogP contribution in [-0.4, -0.2) is 90.8 Å². The Labute approximate surface area is 275 Å². The molecule has 0 radical (unpaired) electrons. The molecule has 1 atom stereocenters. The van der Waals surface area contributed by atoms with E-state index in [0.717, 1.165) is 41.6 Å². The lowest BCUT2D eigenvalue weighted by molar-refractivity contribution is -0.132. The van der Waals surface area contributed by atoms with Gasteiger partial charge in [0.05, 0.1) is 17.7 Å². The molecular formula is C36H41N9O2. The number of aromatic nitrogens is 1. The smallest absolute Gasteiger partial charge is 0.237 e. The van der Waals surface area contributed by atoms with Crippen molar-refractivity contribution >= 4 is 46.6 Å². The number of amidine groups is 1. The minimum absolute atomic E-state index is 0.0790. The van der Waals surface area contributed by atoms with Crippen LogP contribution in [0.3, 0.4) is 0 Å². The Morgan fingerprint density at radius 2 is 1.87 bits per heavy atom. The zero-order chi connectivity index (χ0) is 33.1. The van der Waals surface area contributed by atoms with E-state index in [1.54, 1.807) is 25.5 Å². The average molecular weight is 632 g/mol. The Hall–Kier alpha value is -5.16. The second-order valence-electron chi connectivity index (χ2n) is 12.6. The fourth-order valence-corrected chi connectivity index (χ4v) is 6.84. The van der Waals surface area contributed by atoms with Gasteiger partial charge in [-0.05, 0) is 73.7 Å². The van der Waals surface area contributed by atoms with Crippen LogP contribution in [0, 0.1) is 17.7 Å². The molecule has 1 spiro atoms. The first-order valence-electron chi connectivity index (χ1n) is 15.9. The van der Waals surface area contributed by atoms with Gasteiger partial charge in [0, 0.05) is 73.7 Å². The van der Waals surface area contributed by atoms with Crippen LogP contribution < -0.4 is 16.4 Å². The van der Waals surface area contributed by atoms with E-state index in [1.807, 2.05) is 59.2 Å². The van der Waals surface area contributed by atoms with Gasteiger partial charge in [-0.1, -0.05) is 30.3 Å². The van der Waals surface area contributed by atoms with Crippen LogP contribution in [0.1, 0.15) is 47.1 Å². The van der Waals surface area contributed by atoms with Crippen molar-refractivity contribution in [1.29, 1.82) is 5.41 Å². The van der Waals surface area contributed by atoms with Gasteiger partial charge in [0.25, 0.3) is 0 Å². The van der Waals surface area contributed by atoms with Gasteiger partial charge in [-0.3, -0.25) is 29.9 Å². The summed E-state index contributed by atoms with van der Waals surface area (Å²) in [6, 6.07) is 15.3. The number of carbonyl (C=O) groups is 2. The molecule has 1 aromatic heterocycles. The summed E-state index contributed by atoms with van der Waals surface area (Å²) in [7, 11) is 1.65. The summed E-state index contributed by atoms with van der Waals surface area (Å²) in [5.74, 6) is 0.583. The van der Waals surface area contributed by atoms with Crippen LogP contribution in [0.25, 0.3) is 5.57 Å². The molecule has 2 fully saturated rings. The Morgan fingerprint density at radius 1 is 1.09 bits per heavy atom. The highest BCUT2D eigenvalue weighted by Gasteiger charge is 2.51. The molecule has 242 valence electrons. The molecule has 4 heterocycles. The number of nitrogens with two attached hydrogens (primary N) is 2. The number of hydrogen-bond donors (Lipinski definition) is 3. The highest BCUT2D eigenvalue weighted by Crippen LogP contribution is 2.43. The molecule has 2 aromatic carbocycles. The van der Waals surface area contributed by atoms with Crippen molar-refractivity contribution in [3.8, 4) is 0 Å². The van der Waals surface area contributed by atoms with Gasteiger partial charge < -0.3 is 21.3 Å². The van der Waals surface area contributed by atoms with E-state index in [-0.39, 0.29) is 17.5 Å². The van der Waals surface area contributed by atoms with E-state index >= 15 is 0 Å². The normalized spacial score (nSPS) is 20.4. The summed E-state index contributed by atoms with van der Waals surface area (Å²) < 4.78 is 0. The lowest BCUT2D eigenvalue weighted by atomic mass is 9.85. The van der Waals surface area contributed by atoms with Gasteiger partial charge in [-0.15, -0.1) is 0 Å². The summed E-state index contributed by atoms with van der Waals surface area (Å²) in [6.45, 7) is 5.33. The lowest BCUT2D eigenvalue weighted by Crippen LogP contribution is -2.43. The van der Waals surface area contributed by atoms with E-state index in [1.165, 1.54) is 11.9 Å². The molecule has 0 aliphatic carbocycles. The second-order valence-corrected chi connectivity index (χ2v) is 12.6. The molecule has 11 heteroatoms. The highest BCUT2D eigenvalue weighted by atomic mass is 16.2. The number of hydrogen-bond acceptors (Lipinski definition) is 7. The number of anilines is 2. The molecule has 3 aromatic rings.